The Balaban J connectivity index is 3.40. The zero-order chi connectivity index (χ0) is 12.2. The molecular formula is C8H8N2O6. The van der Waals surface area contributed by atoms with Crippen molar-refractivity contribution in [1.29, 1.82) is 10.5 Å². The molecule has 0 atom stereocenters. The predicted molar refractivity (Wildman–Crippen MR) is 45.0 cm³/mol. The zero-order valence-corrected chi connectivity index (χ0v) is 8.17. The minimum Gasteiger partial charge on any atom is -0.460 e. The fraction of sp³-hybridized carbons (Fsp3) is 0.500. The van der Waals surface area contributed by atoms with Crippen molar-refractivity contribution in [3.8, 4) is 12.5 Å². The van der Waals surface area contributed by atoms with Crippen molar-refractivity contribution in [2.24, 2.45) is 0 Å². The summed E-state index contributed by atoms with van der Waals surface area (Å²) >= 11 is 0. The Bertz CT molecular complexity index is 283. The summed E-state index contributed by atoms with van der Waals surface area (Å²) in [5.41, 5.74) is 0. The number of nitrogens with zero attached hydrogens (tertiary/aromatic N) is 2. The number of hydrogen-bond acceptors (Lipinski definition) is 8. The van der Waals surface area contributed by atoms with Crippen LogP contribution in [-0.4, -0.2) is 38.4 Å². The van der Waals surface area contributed by atoms with Crippen molar-refractivity contribution in [3.63, 3.8) is 0 Å². The lowest BCUT2D eigenvalue weighted by molar-refractivity contribution is -0.155. The number of rotatable bonds is 7. The van der Waals surface area contributed by atoms with Crippen molar-refractivity contribution in [2.75, 3.05) is 26.4 Å². The number of hydrogen-bond donors (Lipinski definition) is 0. The first-order valence-electron chi connectivity index (χ1n) is 4.03. The molecule has 0 bridgehead atoms. The van der Waals surface area contributed by atoms with Gasteiger partial charge in [0.15, 0.2) is 13.2 Å². The summed E-state index contributed by atoms with van der Waals surface area (Å²) in [6.07, 6.45) is 2.59. The highest BCUT2D eigenvalue weighted by molar-refractivity contribution is 5.71. The van der Waals surface area contributed by atoms with E-state index in [9.17, 15) is 9.59 Å². The van der Waals surface area contributed by atoms with Crippen molar-refractivity contribution in [1.82, 2.24) is 0 Å². The van der Waals surface area contributed by atoms with Gasteiger partial charge in [0.05, 0.1) is 0 Å². The van der Waals surface area contributed by atoms with Gasteiger partial charge in [0.2, 0.25) is 0 Å². The largest absolute Gasteiger partial charge is 0.460 e. The molecule has 0 spiro atoms. The third-order valence-electron chi connectivity index (χ3n) is 1.12. The van der Waals surface area contributed by atoms with E-state index >= 15 is 0 Å². The standard InChI is InChI=1S/C8H8N2O6/c9-5-13-3-7(11)15-1-2-16-8(12)4-14-6-10/h1-4H2. The molecule has 0 unspecified atom stereocenters. The van der Waals surface area contributed by atoms with E-state index in [1.54, 1.807) is 0 Å². The molecule has 86 valence electrons. The Morgan fingerprint density at radius 1 is 0.875 bits per heavy atom. The van der Waals surface area contributed by atoms with Crippen LogP contribution in [-0.2, 0) is 28.5 Å². The van der Waals surface area contributed by atoms with Gasteiger partial charge < -0.3 is 18.9 Å². The quantitative estimate of drug-likeness (QED) is 0.311. The van der Waals surface area contributed by atoms with Gasteiger partial charge in [-0.3, -0.25) is 0 Å². The first-order valence-corrected chi connectivity index (χ1v) is 4.03. The molecule has 0 aromatic heterocycles. The molecule has 0 saturated carbocycles. The highest BCUT2D eigenvalue weighted by atomic mass is 16.6. The summed E-state index contributed by atoms with van der Waals surface area (Å²) in [5, 5.41) is 15.9. The Hall–Kier alpha value is -2.48. The summed E-state index contributed by atoms with van der Waals surface area (Å²) in [7, 11) is 0. The normalized spacial score (nSPS) is 8.12. The number of ether oxygens (including phenoxy) is 4. The van der Waals surface area contributed by atoms with Crippen LogP contribution in [0.1, 0.15) is 0 Å². The van der Waals surface area contributed by atoms with E-state index in [-0.39, 0.29) is 13.2 Å². The van der Waals surface area contributed by atoms with Crippen LogP contribution in [0.4, 0.5) is 0 Å². The van der Waals surface area contributed by atoms with Gasteiger partial charge in [-0.15, -0.1) is 0 Å². The van der Waals surface area contributed by atoms with Crippen LogP contribution in [0.25, 0.3) is 0 Å². The second-order valence-corrected chi connectivity index (χ2v) is 2.20. The first-order chi connectivity index (χ1) is 7.70. The summed E-state index contributed by atoms with van der Waals surface area (Å²) in [4.78, 5) is 21.4. The van der Waals surface area contributed by atoms with Gasteiger partial charge in [-0.25, -0.2) is 9.59 Å². The molecular weight excluding hydrogens is 220 g/mol. The summed E-state index contributed by atoms with van der Waals surface area (Å²) in [6, 6.07) is 0. The van der Waals surface area contributed by atoms with E-state index in [1.165, 1.54) is 12.5 Å². The van der Waals surface area contributed by atoms with Crippen LogP contribution in [0.3, 0.4) is 0 Å². The lowest BCUT2D eigenvalue weighted by Crippen LogP contribution is -2.18. The number of esters is 2. The second-order valence-electron chi connectivity index (χ2n) is 2.20. The predicted octanol–water partition coefficient (Wildman–Crippen LogP) is -0.932. The minimum absolute atomic E-state index is 0.161. The molecule has 0 aliphatic heterocycles. The SMILES string of the molecule is N#COCC(=O)OCCOC(=O)COC#N. The smallest absolute Gasteiger partial charge is 0.345 e. The lowest BCUT2D eigenvalue weighted by Gasteiger charge is -2.04. The number of carbonyl (C=O) groups is 2. The molecule has 0 aliphatic rings. The van der Waals surface area contributed by atoms with Crippen molar-refractivity contribution >= 4 is 11.9 Å². The van der Waals surface area contributed by atoms with Gasteiger partial charge >= 0.3 is 11.9 Å². The van der Waals surface area contributed by atoms with Crippen LogP contribution >= 0.6 is 0 Å². The van der Waals surface area contributed by atoms with Crippen LogP contribution in [0.15, 0.2) is 0 Å². The summed E-state index contributed by atoms with van der Waals surface area (Å²) < 4.78 is 17.2. The van der Waals surface area contributed by atoms with Crippen LogP contribution in [0.2, 0.25) is 0 Å². The van der Waals surface area contributed by atoms with Crippen molar-refractivity contribution in [2.45, 2.75) is 0 Å². The first kappa shape index (κ1) is 13.5. The summed E-state index contributed by atoms with van der Waals surface area (Å²) in [6.45, 7) is -1.29. The van der Waals surface area contributed by atoms with E-state index in [4.69, 9.17) is 10.5 Å². The maximum atomic E-state index is 10.7. The van der Waals surface area contributed by atoms with Crippen molar-refractivity contribution < 1.29 is 28.5 Å². The van der Waals surface area contributed by atoms with Crippen molar-refractivity contribution in [3.05, 3.63) is 0 Å². The Morgan fingerprint density at radius 3 is 1.56 bits per heavy atom. The Labute approximate surface area is 90.9 Å². The number of nitriles is 2. The van der Waals surface area contributed by atoms with Crippen LogP contribution in [0, 0.1) is 23.0 Å². The van der Waals surface area contributed by atoms with Gasteiger partial charge in [0.25, 0.3) is 12.5 Å². The van der Waals surface area contributed by atoms with Gasteiger partial charge in [-0.05, 0) is 0 Å². The van der Waals surface area contributed by atoms with Crippen LogP contribution < -0.4 is 0 Å². The van der Waals surface area contributed by atoms with Gasteiger partial charge in [0.1, 0.15) is 13.2 Å². The highest BCUT2D eigenvalue weighted by Gasteiger charge is 2.05. The van der Waals surface area contributed by atoms with Crippen LogP contribution in [0.5, 0.6) is 0 Å². The summed E-state index contributed by atoms with van der Waals surface area (Å²) in [5.74, 6) is -1.49. The molecule has 16 heavy (non-hydrogen) atoms. The van der Waals surface area contributed by atoms with Gasteiger partial charge in [-0.2, -0.15) is 10.5 Å². The van der Waals surface area contributed by atoms with E-state index in [0.29, 0.717) is 0 Å². The molecule has 0 aromatic rings. The van der Waals surface area contributed by atoms with E-state index in [0.717, 1.165) is 0 Å². The molecule has 0 radical (unpaired) electrons. The molecule has 8 heteroatoms. The average Bonchev–Trinajstić information content (AvgIpc) is 2.29. The maximum absolute atomic E-state index is 10.7. The second kappa shape index (κ2) is 9.09. The molecule has 0 amide bonds. The van der Waals surface area contributed by atoms with Gasteiger partial charge in [0, 0.05) is 0 Å². The molecule has 0 saturated heterocycles. The third-order valence-corrected chi connectivity index (χ3v) is 1.12. The molecule has 0 aliphatic carbocycles. The monoisotopic (exact) mass is 228 g/mol. The maximum Gasteiger partial charge on any atom is 0.345 e. The molecule has 0 N–H and O–H groups in total. The Kier molecular flexibility index (Phi) is 7.68. The Morgan fingerprint density at radius 2 is 1.25 bits per heavy atom. The molecule has 0 rings (SSSR count). The fourth-order valence-corrected chi connectivity index (χ4v) is 0.577. The average molecular weight is 228 g/mol. The number of carbonyl (C=O) groups excluding carboxylic acids is 2. The zero-order valence-electron chi connectivity index (χ0n) is 8.17. The topological polar surface area (TPSA) is 119 Å². The van der Waals surface area contributed by atoms with E-state index in [2.05, 4.69) is 18.9 Å². The molecule has 0 fully saturated rings. The molecule has 8 nitrogen and oxygen atoms in total. The highest BCUT2D eigenvalue weighted by Crippen LogP contribution is 1.84. The molecule has 0 aromatic carbocycles. The minimum atomic E-state index is -0.745. The van der Waals surface area contributed by atoms with Gasteiger partial charge in [-0.1, -0.05) is 0 Å². The fourth-order valence-electron chi connectivity index (χ4n) is 0.577. The van der Waals surface area contributed by atoms with E-state index < -0.39 is 25.2 Å². The van der Waals surface area contributed by atoms with E-state index in [1.807, 2.05) is 0 Å². The third kappa shape index (κ3) is 8.13. The lowest BCUT2D eigenvalue weighted by atomic mass is 10.7. The molecule has 0 heterocycles.